The quantitative estimate of drug-likeness (QED) is 0.0713. The maximum atomic E-state index is 15.3. The minimum atomic E-state index is -3.50. The lowest BCUT2D eigenvalue weighted by atomic mass is 10.1. The smallest absolute Gasteiger partial charge is 0.317 e. The summed E-state index contributed by atoms with van der Waals surface area (Å²) < 4.78 is 71.0. The summed E-state index contributed by atoms with van der Waals surface area (Å²) in [5.74, 6) is 0.136. The lowest BCUT2D eigenvalue weighted by Crippen LogP contribution is -2.32. The Bertz CT molecular complexity index is 1880. The number of imidazole rings is 2. The molecule has 4 aromatic heterocycles. The highest BCUT2D eigenvalue weighted by atomic mass is 32.4. The van der Waals surface area contributed by atoms with Gasteiger partial charge in [-0.1, -0.05) is 6.08 Å². The number of anilines is 2. The van der Waals surface area contributed by atoms with Crippen LogP contribution in [0.1, 0.15) is 12.5 Å². The summed E-state index contributed by atoms with van der Waals surface area (Å²) in [5.41, 5.74) is 6.62. The van der Waals surface area contributed by atoms with Crippen molar-refractivity contribution in [2.24, 2.45) is 0 Å². The molecular weight excluding hydrogens is 720 g/mol. The van der Waals surface area contributed by atoms with Crippen molar-refractivity contribution >= 4 is 61.3 Å². The van der Waals surface area contributed by atoms with Crippen LogP contribution in [0.4, 0.5) is 20.5 Å². The minimum Gasteiger partial charge on any atom is -0.472 e. The Labute approximate surface area is 280 Å². The third kappa shape index (κ3) is 7.28. The number of fused-ring (bicyclic) bond motifs is 2. The maximum absolute atomic E-state index is 15.3. The van der Waals surface area contributed by atoms with Crippen LogP contribution in [0.5, 0.6) is 5.88 Å². The second-order valence-corrected chi connectivity index (χ2v) is 13.1. The van der Waals surface area contributed by atoms with Crippen LogP contribution < -0.4 is 15.8 Å². The van der Waals surface area contributed by atoms with Crippen molar-refractivity contribution in [3.05, 3.63) is 31.1 Å². The lowest BCUT2D eigenvalue weighted by molar-refractivity contribution is -0.0436. The van der Waals surface area contributed by atoms with Crippen molar-refractivity contribution in [1.29, 1.82) is 0 Å². The number of nitrogens with two attached hydrogens (primary N) is 1. The Hall–Kier alpha value is -3.34. The molecule has 4 aromatic rings. The first kappa shape index (κ1) is 35.5. The van der Waals surface area contributed by atoms with Gasteiger partial charge in [-0.3, -0.25) is 13.7 Å². The fourth-order valence-corrected chi connectivity index (χ4v) is 6.80. The number of rotatable bonds is 14. The highest BCUT2D eigenvalue weighted by molar-refractivity contribution is 8.00. The van der Waals surface area contributed by atoms with E-state index in [-0.39, 0.29) is 47.3 Å². The molecule has 2 saturated heterocycles. The summed E-state index contributed by atoms with van der Waals surface area (Å²) in [5, 5.41) is 22.2. The molecule has 0 amide bonds. The fraction of sp³-hybridized carbons (Fsp3) is 0.500. The predicted molar refractivity (Wildman–Crippen MR) is 169 cm³/mol. The van der Waals surface area contributed by atoms with Gasteiger partial charge in [0.05, 0.1) is 25.9 Å². The maximum Gasteiger partial charge on any atom is 0.317 e. The molecule has 0 aliphatic carbocycles. The molecule has 49 heavy (non-hydrogen) atoms. The van der Waals surface area contributed by atoms with E-state index in [2.05, 4.69) is 47.0 Å². The van der Waals surface area contributed by atoms with E-state index >= 15 is 8.78 Å². The molecule has 2 aliphatic heterocycles. The fourth-order valence-electron chi connectivity index (χ4n) is 5.44. The van der Waals surface area contributed by atoms with Crippen molar-refractivity contribution in [2.75, 3.05) is 37.4 Å². The Morgan fingerprint density at radius 2 is 1.57 bits per heavy atom. The number of nitrogens with zero attached hydrogens (tertiary/aromatic N) is 8. The zero-order valence-corrected chi connectivity index (χ0v) is 27.7. The monoisotopic (exact) mass is 750 g/mol. The summed E-state index contributed by atoms with van der Waals surface area (Å²) in [6, 6.07) is 0. The molecule has 2 fully saturated rings. The SMILES string of the molecule is Nc1nc(OC/C=C/CNc2ncnc3c2ncn3C2OC(CO)[C@@H](O[PH](=O)O)[C@H]2F)c2ncn([C@@H]3OC(CO)[C@@H](O[PH](O)=S)[C@H]3F)c2n1. The number of alkyl halides is 2. The van der Waals surface area contributed by atoms with Crippen LogP contribution >= 0.6 is 15.4 Å². The first-order valence-electron chi connectivity index (χ1n) is 14.4. The summed E-state index contributed by atoms with van der Waals surface area (Å²) in [7, 11) is -6.19. The van der Waals surface area contributed by atoms with E-state index in [4.69, 9.17) is 33.9 Å². The second kappa shape index (κ2) is 15.3. The van der Waals surface area contributed by atoms with Crippen LogP contribution in [-0.4, -0.2) is 122 Å². The zero-order chi connectivity index (χ0) is 34.8. The molecule has 5 unspecified atom stereocenters. The van der Waals surface area contributed by atoms with E-state index in [0.717, 1.165) is 0 Å². The van der Waals surface area contributed by atoms with Crippen LogP contribution in [0.2, 0.25) is 0 Å². The van der Waals surface area contributed by atoms with Crippen molar-refractivity contribution in [3.8, 4) is 5.88 Å². The van der Waals surface area contributed by atoms with Crippen LogP contribution in [0.25, 0.3) is 22.3 Å². The van der Waals surface area contributed by atoms with Gasteiger partial charge in [0.1, 0.15) is 37.4 Å². The van der Waals surface area contributed by atoms with Gasteiger partial charge in [0.25, 0.3) is 0 Å². The third-order valence-corrected chi connectivity index (χ3v) is 8.79. The number of nitrogen functional groups attached to an aromatic ring is 1. The van der Waals surface area contributed by atoms with E-state index in [1.165, 1.54) is 28.1 Å². The molecule has 266 valence electrons. The normalized spacial score (nSPS) is 28.5. The number of hydrogen-bond acceptors (Lipinski definition) is 17. The number of ether oxygens (including phenoxy) is 3. The minimum absolute atomic E-state index is 0.00844. The molecule has 0 radical (unpaired) electrons. The first-order chi connectivity index (χ1) is 23.6. The van der Waals surface area contributed by atoms with Gasteiger partial charge in [-0.2, -0.15) is 9.97 Å². The van der Waals surface area contributed by atoms with Gasteiger partial charge in [-0.15, -0.1) is 0 Å². The van der Waals surface area contributed by atoms with Crippen molar-refractivity contribution in [2.45, 2.75) is 49.2 Å². The van der Waals surface area contributed by atoms with E-state index in [0.29, 0.717) is 5.82 Å². The van der Waals surface area contributed by atoms with Crippen molar-refractivity contribution < 1.29 is 56.6 Å². The molecule has 0 aromatic carbocycles. The summed E-state index contributed by atoms with van der Waals surface area (Å²) in [6.07, 6.45) is -4.29. The predicted octanol–water partition coefficient (Wildman–Crippen LogP) is -0.298. The Balaban J connectivity index is 1.09. The van der Waals surface area contributed by atoms with Gasteiger partial charge < -0.3 is 54.3 Å². The van der Waals surface area contributed by atoms with Gasteiger partial charge >= 0.3 is 8.25 Å². The van der Waals surface area contributed by atoms with Crippen molar-refractivity contribution in [1.82, 2.24) is 39.0 Å². The number of aliphatic hydroxyl groups excluding tert-OH is 2. The number of hydrogen-bond donors (Lipinski definition) is 6. The van der Waals surface area contributed by atoms with E-state index in [1.54, 1.807) is 12.2 Å². The highest BCUT2D eigenvalue weighted by Crippen LogP contribution is 2.40. The van der Waals surface area contributed by atoms with E-state index in [9.17, 15) is 19.7 Å². The number of aliphatic hydroxyl groups is 2. The first-order valence-corrected chi connectivity index (χ1v) is 18.2. The molecule has 6 heterocycles. The summed E-state index contributed by atoms with van der Waals surface area (Å²) in [6.45, 7) is -0.968. The van der Waals surface area contributed by atoms with Crippen LogP contribution in [0.15, 0.2) is 31.1 Å². The summed E-state index contributed by atoms with van der Waals surface area (Å²) >= 11 is 4.67. The molecular formula is C24H30F2N10O10P2S. The standard InChI is InChI=1S/C24H30F2N10O10P2S/c25-12-16(45-47(39)40)10(5-37)43-22(12)35-8-31-14-18(29-7-30-19(14)35)28-3-1-2-4-42-21-15-20(33-24(27)34-21)36(9-32-15)23-13(26)17(46-48(41)49)11(6-38)44-23/h1-2,7-13,16-17,22-23,37-38,47-48H,3-6H2,(H,39,40)(H,41,49)(H2,27,33,34)(H,28,29,30)/b2-1+/t10?,11?,12-,13-,16-,17-,22?,23-/m1/s1. The molecule has 10 atom stereocenters. The van der Waals surface area contributed by atoms with E-state index in [1.807, 2.05) is 0 Å². The number of halogens is 2. The van der Waals surface area contributed by atoms with Crippen LogP contribution in [-0.2, 0) is 34.9 Å². The number of aromatic nitrogens is 8. The molecule has 20 nitrogen and oxygen atoms in total. The van der Waals surface area contributed by atoms with Crippen molar-refractivity contribution in [3.63, 3.8) is 0 Å². The summed E-state index contributed by atoms with van der Waals surface area (Å²) in [4.78, 5) is 43.7. The molecule has 6 rings (SSSR count). The van der Waals surface area contributed by atoms with Gasteiger partial charge in [0.15, 0.2) is 60.1 Å². The molecule has 0 spiro atoms. The Morgan fingerprint density at radius 3 is 2.20 bits per heavy atom. The van der Waals surface area contributed by atoms with Crippen LogP contribution in [0, 0.1) is 0 Å². The van der Waals surface area contributed by atoms with Gasteiger partial charge in [0.2, 0.25) is 11.8 Å². The van der Waals surface area contributed by atoms with Gasteiger partial charge in [-0.05, 0) is 17.9 Å². The molecule has 0 bridgehead atoms. The van der Waals surface area contributed by atoms with Gasteiger partial charge in [0, 0.05) is 6.54 Å². The van der Waals surface area contributed by atoms with Gasteiger partial charge in [-0.25, -0.2) is 28.7 Å². The third-order valence-electron chi connectivity index (χ3n) is 7.55. The highest BCUT2D eigenvalue weighted by Gasteiger charge is 2.49. The largest absolute Gasteiger partial charge is 0.472 e. The zero-order valence-electron chi connectivity index (χ0n) is 24.9. The lowest BCUT2D eigenvalue weighted by Gasteiger charge is -2.17. The molecule has 25 heteroatoms. The molecule has 7 N–H and O–H groups in total. The Morgan fingerprint density at radius 1 is 0.939 bits per heavy atom. The molecule has 0 saturated carbocycles. The average molecular weight is 751 g/mol. The average Bonchev–Trinajstić information content (AvgIpc) is 3.83. The molecule has 2 aliphatic rings. The van der Waals surface area contributed by atoms with E-state index < -0.39 is 77.8 Å². The topological polar surface area (TPSA) is 269 Å². The number of nitrogens with one attached hydrogen (secondary N) is 1. The Kier molecular flexibility index (Phi) is 11.1. The van der Waals surface area contributed by atoms with Crippen LogP contribution in [0.3, 0.4) is 0 Å². The second-order valence-electron chi connectivity index (χ2n) is 10.5.